The van der Waals surface area contributed by atoms with Crippen molar-refractivity contribution in [3.05, 3.63) is 29.8 Å². The molecule has 1 aromatic carbocycles. The molecule has 3 heteroatoms. The molecule has 0 radical (unpaired) electrons. The highest BCUT2D eigenvalue weighted by Crippen LogP contribution is 2.16. The lowest BCUT2D eigenvalue weighted by molar-refractivity contribution is -0.107. The number of aldehydes is 1. The van der Waals surface area contributed by atoms with Crippen molar-refractivity contribution in [1.82, 2.24) is 0 Å². The van der Waals surface area contributed by atoms with E-state index in [4.69, 9.17) is 4.74 Å². The minimum atomic E-state index is 0.297. The number of hydrogen-bond acceptors (Lipinski definition) is 3. The van der Waals surface area contributed by atoms with Crippen molar-refractivity contribution in [2.24, 2.45) is 0 Å². The molecule has 17 heavy (non-hydrogen) atoms. The lowest BCUT2D eigenvalue weighted by Gasteiger charge is -2.28. The molecule has 0 aliphatic carbocycles. The van der Waals surface area contributed by atoms with Gasteiger partial charge in [-0.25, -0.2) is 0 Å². The first-order valence-corrected chi connectivity index (χ1v) is 5.75. The summed E-state index contributed by atoms with van der Waals surface area (Å²) in [6.45, 7) is 3.47. The van der Waals surface area contributed by atoms with Gasteiger partial charge in [0.15, 0.2) is 0 Å². The van der Waals surface area contributed by atoms with Gasteiger partial charge in [-0.1, -0.05) is 11.8 Å². The second kappa shape index (κ2) is 6.07. The molecule has 0 atom stereocenters. The summed E-state index contributed by atoms with van der Waals surface area (Å²) in [6, 6.07) is 8.11. The summed E-state index contributed by atoms with van der Waals surface area (Å²) in [5.41, 5.74) is 2.15. The molecule has 1 aromatic rings. The van der Waals surface area contributed by atoms with Gasteiger partial charge in [-0.2, -0.15) is 0 Å². The lowest BCUT2D eigenvalue weighted by Crippen LogP contribution is -2.36. The molecule has 1 heterocycles. The van der Waals surface area contributed by atoms with Gasteiger partial charge in [0.25, 0.3) is 0 Å². The minimum Gasteiger partial charge on any atom is -0.378 e. The van der Waals surface area contributed by atoms with Crippen LogP contribution in [-0.4, -0.2) is 32.6 Å². The van der Waals surface area contributed by atoms with E-state index in [9.17, 15) is 4.79 Å². The average molecular weight is 229 g/mol. The summed E-state index contributed by atoms with van der Waals surface area (Å²) < 4.78 is 5.31. The van der Waals surface area contributed by atoms with E-state index in [0.717, 1.165) is 38.2 Å². The summed E-state index contributed by atoms with van der Waals surface area (Å²) in [5.74, 6) is 5.75. The maximum absolute atomic E-state index is 10.1. The predicted octanol–water partition coefficient (Wildman–Crippen LogP) is 1.46. The number of rotatable bonds is 2. The molecule has 0 spiro atoms. The Morgan fingerprint density at radius 2 is 1.94 bits per heavy atom. The van der Waals surface area contributed by atoms with Crippen molar-refractivity contribution < 1.29 is 9.53 Å². The van der Waals surface area contributed by atoms with Crippen LogP contribution < -0.4 is 4.90 Å². The van der Waals surface area contributed by atoms with Crippen LogP contribution in [-0.2, 0) is 9.53 Å². The Labute approximate surface area is 101 Å². The van der Waals surface area contributed by atoms with Crippen molar-refractivity contribution in [2.75, 3.05) is 31.2 Å². The third-order valence-electron chi connectivity index (χ3n) is 2.66. The van der Waals surface area contributed by atoms with Crippen LogP contribution in [0.1, 0.15) is 12.0 Å². The molecule has 0 N–H and O–H groups in total. The predicted molar refractivity (Wildman–Crippen MR) is 67.0 cm³/mol. The van der Waals surface area contributed by atoms with E-state index < -0.39 is 0 Å². The van der Waals surface area contributed by atoms with Crippen LogP contribution in [0.2, 0.25) is 0 Å². The fraction of sp³-hybridized carbons (Fsp3) is 0.357. The van der Waals surface area contributed by atoms with Gasteiger partial charge in [-0.3, -0.25) is 0 Å². The molecule has 0 amide bonds. The average Bonchev–Trinajstić information content (AvgIpc) is 2.41. The first kappa shape index (κ1) is 11.7. The van der Waals surface area contributed by atoms with Crippen LogP contribution in [0.4, 0.5) is 5.69 Å². The lowest BCUT2D eigenvalue weighted by atomic mass is 10.2. The Balaban J connectivity index is 2.02. The summed E-state index contributed by atoms with van der Waals surface area (Å²) in [6.07, 6.45) is 1.11. The standard InChI is InChI=1S/C14H15NO2/c16-10-2-1-3-13-4-6-14(7-5-13)15-8-11-17-12-9-15/h4-7,10H,2,8-9,11-12H2. The van der Waals surface area contributed by atoms with Crippen LogP contribution in [0.3, 0.4) is 0 Å². The monoisotopic (exact) mass is 229 g/mol. The number of carbonyl (C=O) groups excluding carboxylic acids is 1. The number of ether oxygens (including phenoxy) is 1. The second-order valence-corrected chi connectivity index (χ2v) is 3.82. The van der Waals surface area contributed by atoms with Gasteiger partial charge in [0.2, 0.25) is 0 Å². The van der Waals surface area contributed by atoms with Gasteiger partial charge < -0.3 is 14.4 Å². The Bertz CT molecular complexity index is 422. The van der Waals surface area contributed by atoms with Gasteiger partial charge in [0.1, 0.15) is 6.29 Å². The molecule has 1 fully saturated rings. The van der Waals surface area contributed by atoms with E-state index in [0.29, 0.717) is 6.42 Å². The molecule has 0 aromatic heterocycles. The molecule has 3 nitrogen and oxygen atoms in total. The Kier molecular flexibility index (Phi) is 4.17. The van der Waals surface area contributed by atoms with Gasteiger partial charge in [-0.05, 0) is 24.3 Å². The molecule has 1 aliphatic heterocycles. The Morgan fingerprint density at radius 1 is 1.24 bits per heavy atom. The van der Waals surface area contributed by atoms with E-state index >= 15 is 0 Å². The molecule has 2 rings (SSSR count). The highest BCUT2D eigenvalue weighted by atomic mass is 16.5. The molecule has 0 bridgehead atoms. The van der Waals surface area contributed by atoms with E-state index in [2.05, 4.69) is 28.9 Å². The number of benzene rings is 1. The largest absolute Gasteiger partial charge is 0.378 e. The fourth-order valence-corrected chi connectivity index (χ4v) is 1.77. The third-order valence-corrected chi connectivity index (χ3v) is 2.66. The molecular weight excluding hydrogens is 214 g/mol. The number of carbonyl (C=O) groups is 1. The quantitative estimate of drug-likeness (QED) is 0.568. The van der Waals surface area contributed by atoms with Crippen molar-refractivity contribution in [1.29, 1.82) is 0 Å². The van der Waals surface area contributed by atoms with Crippen LogP contribution in [0.15, 0.2) is 24.3 Å². The smallest absolute Gasteiger partial charge is 0.131 e. The zero-order valence-electron chi connectivity index (χ0n) is 9.69. The van der Waals surface area contributed by atoms with Gasteiger partial charge >= 0.3 is 0 Å². The van der Waals surface area contributed by atoms with E-state index in [1.165, 1.54) is 5.69 Å². The highest BCUT2D eigenvalue weighted by molar-refractivity contribution is 5.56. The number of morpholine rings is 1. The Morgan fingerprint density at radius 3 is 2.59 bits per heavy atom. The molecule has 88 valence electrons. The van der Waals surface area contributed by atoms with Gasteiger partial charge in [0.05, 0.1) is 19.6 Å². The number of anilines is 1. The number of nitrogens with zero attached hydrogens (tertiary/aromatic N) is 1. The Hall–Kier alpha value is -1.79. The van der Waals surface area contributed by atoms with Crippen LogP contribution in [0.5, 0.6) is 0 Å². The van der Waals surface area contributed by atoms with E-state index in [1.807, 2.05) is 12.1 Å². The fourth-order valence-electron chi connectivity index (χ4n) is 1.77. The van der Waals surface area contributed by atoms with Gasteiger partial charge in [-0.15, -0.1) is 0 Å². The third kappa shape index (κ3) is 3.33. The summed E-state index contributed by atoms with van der Waals surface area (Å²) in [5, 5.41) is 0. The number of hydrogen-bond donors (Lipinski definition) is 0. The van der Waals surface area contributed by atoms with Crippen molar-refractivity contribution >= 4 is 12.0 Å². The first-order valence-electron chi connectivity index (χ1n) is 5.75. The van der Waals surface area contributed by atoms with Gasteiger partial charge in [0, 0.05) is 24.3 Å². The molecule has 0 unspecified atom stereocenters. The normalized spacial score (nSPS) is 14.9. The van der Waals surface area contributed by atoms with Crippen molar-refractivity contribution in [3.8, 4) is 11.8 Å². The zero-order chi connectivity index (χ0) is 11.9. The summed E-state index contributed by atoms with van der Waals surface area (Å²) >= 11 is 0. The van der Waals surface area contributed by atoms with Crippen molar-refractivity contribution in [3.63, 3.8) is 0 Å². The van der Waals surface area contributed by atoms with Crippen LogP contribution in [0.25, 0.3) is 0 Å². The van der Waals surface area contributed by atoms with E-state index in [1.54, 1.807) is 0 Å². The first-order chi connectivity index (χ1) is 8.40. The minimum absolute atomic E-state index is 0.297. The highest BCUT2D eigenvalue weighted by Gasteiger charge is 2.10. The molecule has 0 saturated carbocycles. The second-order valence-electron chi connectivity index (χ2n) is 3.82. The van der Waals surface area contributed by atoms with Crippen molar-refractivity contribution in [2.45, 2.75) is 6.42 Å². The molecule has 1 aliphatic rings. The summed E-state index contributed by atoms with van der Waals surface area (Å²) in [7, 11) is 0. The maximum Gasteiger partial charge on any atom is 0.131 e. The van der Waals surface area contributed by atoms with E-state index in [-0.39, 0.29) is 0 Å². The molecular formula is C14H15NO2. The SMILES string of the molecule is O=CCC#Cc1ccc(N2CCOCC2)cc1. The maximum atomic E-state index is 10.1. The summed E-state index contributed by atoms with van der Waals surface area (Å²) in [4.78, 5) is 12.4. The van der Waals surface area contributed by atoms with Crippen LogP contribution >= 0.6 is 0 Å². The van der Waals surface area contributed by atoms with Crippen LogP contribution in [0, 0.1) is 11.8 Å². The topological polar surface area (TPSA) is 29.5 Å². The zero-order valence-corrected chi connectivity index (χ0v) is 9.69. The molecule has 1 saturated heterocycles.